The highest BCUT2D eigenvalue weighted by Gasteiger charge is 2.05. The number of alkyl halides is 1. The number of hydrogen-bond acceptors (Lipinski definition) is 2. The molecule has 0 saturated heterocycles. The van der Waals surface area contributed by atoms with Crippen molar-refractivity contribution in [3.8, 4) is 0 Å². The van der Waals surface area contributed by atoms with E-state index < -0.39 is 0 Å². The second-order valence-corrected chi connectivity index (χ2v) is 5.55. The molecule has 1 aromatic rings. The number of halogens is 1. The second-order valence-electron chi connectivity index (χ2n) is 3.65. The van der Waals surface area contributed by atoms with Gasteiger partial charge in [-0.1, -0.05) is 6.92 Å². The molecule has 0 N–H and O–H groups in total. The van der Waals surface area contributed by atoms with Gasteiger partial charge in [-0.2, -0.15) is 0 Å². The van der Waals surface area contributed by atoms with Crippen molar-refractivity contribution in [2.45, 2.75) is 51.8 Å². The molecule has 1 heterocycles. The van der Waals surface area contributed by atoms with E-state index in [4.69, 9.17) is 11.6 Å². The molecule has 0 saturated carbocycles. The van der Waals surface area contributed by atoms with Crippen LogP contribution >= 0.6 is 22.9 Å². The molecule has 14 heavy (non-hydrogen) atoms. The highest BCUT2D eigenvalue weighted by atomic mass is 35.5. The minimum Gasteiger partial charge on any atom is -0.246 e. The van der Waals surface area contributed by atoms with Gasteiger partial charge in [-0.05, 0) is 39.5 Å². The Morgan fingerprint density at radius 1 is 1.43 bits per heavy atom. The van der Waals surface area contributed by atoms with Crippen LogP contribution in [0.4, 0.5) is 0 Å². The van der Waals surface area contributed by atoms with Crippen molar-refractivity contribution in [3.63, 3.8) is 0 Å². The summed E-state index contributed by atoms with van der Waals surface area (Å²) in [4.78, 5) is 5.85. The molecule has 0 amide bonds. The summed E-state index contributed by atoms with van der Waals surface area (Å²) in [5.74, 6) is 0. The van der Waals surface area contributed by atoms with E-state index in [-0.39, 0.29) is 0 Å². The zero-order valence-electron chi connectivity index (χ0n) is 9.14. The molecule has 0 aliphatic rings. The second kappa shape index (κ2) is 5.72. The van der Waals surface area contributed by atoms with E-state index in [1.54, 1.807) is 0 Å². The summed E-state index contributed by atoms with van der Waals surface area (Å²) in [5, 5.41) is 1.61. The van der Waals surface area contributed by atoms with Gasteiger partial charge in [-0.3, -0.25) is 0 Å². The molecular weight excluding hydrogens is 214 g/mol. The van der Waals surface area contributed by atoms with Crippen molar-refractivity contribution >= 4 is 22.9 Å². The van der Waals surface area contributed by atoms with Gasteiger partial charge in [0.1, 0.15) is 0 Å². The van der Waals surface area contributed by atoms with Crippen molar-refractivity contribution in [1.29, 1.82) is 0 Å². The maximum absolute atomic E-state index is 6.05. The highest BCUT2D eigenvalue weighted by molar-refractivity contribution is 7.11. The van der Waals surface area contributed by atoms with Crippen LogP contribution in [0, 0.1) is 13.8 Å². The monoisotopic (exact) mass is 231 g/mol. The van der Waals surface area contributed by atoms with Crippen LogP contribution in [0.2, 0.25) is 0 Å². The number of thiazole rings is 1. The Morgan fingerprint density at radius 2 is 2.14 bits per heavy atom. The van der Waals surface area contributed by atoms with Crippen LogP contribution in [0.1, 0.15) is 41.8 Å². The van der Waals surface area contributed by atoms with Crippen LogP contribution in [0.25, 0.3) is 0 Å². The van der Waals surface area contributed by atoms with E-state index in [2.05, 4.69) is 25.8 Å². The summed E-state index contributed by atoms with van der Waals surface area (Å²) >= 11 is 7.87. The minimum absolute atomic E-state index is 0.345. The molecule has 80 valence electrons. The molecule has 0 spiro atoms. The summed E-state index contributed by atoms with van der Waals surface area (Å²) in [5.41, 5.74) is 1.18. The molecule has 0 aromatic carbocycles. The van der Waals surface area contributed by atoms with Gasteiger partial charge >= 0.3 is 0 Å². The zero-order chi connectivity index (χ0) is 10.6. The first-order valence-corrected chi connectivity index (χ1v) is 6.45. The first kappa shape index (κ1) is 12.0. The van der Waals surface area contributed by atoms with E-state index in [1.165, 1.54) is 15.6 Å². The summed E-state index contributed by atoms with van der Waals surface area (Å²) in [6.45, 7) is 6.34. The first-order valence-electron chi connectivity index (χ1n) is 5.20. The fourth-order valence-corrected chi connectivity index (χ4v) is 2.46. The number of hydrogen-bond donors (Lipinski definition) is 0. The molecule has 1 unspecified atom stereocenters. The quantitative estimate of drug-likeness (QED) is 0.696. The van der Waals surface area contributed by atoms with Gasteiger partial charge in [0.15, 0.2) is 0 Å². The largest absolute Gasteiger partial charge is 0.246 e. The lowest BCUT2D eigenvalue weighted by atomic mass is 10.1. The number of aryl methyl sites for hydroxylation is 3. The fourth-order valence-electron chi connectivity index (χ4n) is 1.33. The molecule has 1 aromatic heterocycles. The average Bonchev–Trinajstić information content (AvgIpc) is 2.46. The lowest BCUT2D eigenvalue weighted by Gasteiger charge is -2.03. The van der Waals surface area contributed by atoms with Gasteiger partial charge in [0.25, 0.3) is 0 Å². The number of nitrogens with zero attached hydrogens (tertiary/aromatic N) is 1. The standard InChI is InChI=1S/C11H18ClNS/c1-4-10(12)6-5-7-11-13-8(2)9(3)14-11/h10H,4-7H2,1-3H3. The Bertz CT molecular complexity index is 263. The summed E-state index contributed by atoms with van der Waals surface area (Å²) < 4.78 is 0. The van der Waals surface area contributed by atoms with Crippen molar-refractivity contribution in [2.75, 3.05) is 0 Å². The van der Waals surface area contributed by atoms with Gasteiger partial charge in [-0.15, -0.1) is 22.9 Å². The topological polar surface area (TPSA) is 12.9 Å². The van der Waals surface area contributed by atoms with Crippen molar-refractivity contribution < 1.29 is 0 Å². The molecule has 1 atom stereocenters. The molecule has 1 rings (SSSR count). The van der Waals surface area contributed by atoms with Crippen LogP contribution in [0.5, 0.6) is 0 Å². The lowest BCUT2D eigenvalue weighted by Crippen LogP contribution is -1.96. The maximum atomic E-state index is 6.05. The SMILES string of the molecule is CCC(Cl)CCCc1nc(C)c(C)s1. The van der Waals surface area contributed by atoms with E-state index in [1.807, 2.05) is 11.3 Å². The van der Waals surface area contributed by atoms with Crippen LogP contribution in [-0.2, 0) is 6.42 Å². The van der Waals surface area contributed by atoms with Gasteiger partial charge in [-0.25, -0.2) is 4.98 Å². The minimum atomic E-state index is 0.345. The van der Waals surface area contributed by atoms with Crippen molar-refractivity contribution in [3.05, 3.63) is 15.6 Å². The van der Waals surface area contributed by atoms with Gasteiger partial charge < -0.3 is 0 Å². The Balaban J connectivity index is 2.31. The van der Waals surface area contributed by atoms with E-state index in [0.717, 1.165) is 25.7 Å². The summed E-state index contributed by atoms with van der Waals surface area (Å²) in [7, 11) is 0. The first-order chi connectivity index (χ1) is 6.63. The molecular formula is C11H18ClNS. The Labute approximate surface area is 95.5 Å². The molecule has 0 radical (unpaired) electrons. The average molecular weight is 232 g/mol. The predicted molar refractivity (Wildman–Crippen MR) is 64.5 cm³/mol. The molecule has 0 aliphatic carbocycles. The number of aromatic nitrogens is 1. The Kier molecular flexibility index (Phi) is 4.90. The molecule has 0 bridgehead atoms. The van der Waals surface area contributed by atoms with E-state index in [9.17, 15) is 0 Å². The van der Waals surface area contributed by atoms with Crippen LogP contribution in [0.15, 0.2) is 0 Å². The van der Waals surface area contributed by atoms with Crippen LogP contribution in [-0.4, -0.2) is 10.4 Å². The summed E-state index contributed by atoms with van der Waals surface area (Å²) in [6, 6.07) is 0. The number of rotatable bonds is 5. The molecule has 0 aliphatic heterocycles. The van der Waals surface area contributed by atoms with Gasteiger partial charge in [0, 0.05) is 10.3 Å². The molecule has 3 heteroatoms. The van der Waals surface area contributed by atoms with Gasteiger partial charge in [0.2, 0.25) is 0 Å². The zero-order valence-corrected chi connectivity index (χ0v) is 10.7. The predicted octanol–water partition coefficient (Wildman–Crippen LogP) is 4.10. The smallest absolute Gasteiger partial charge is 0.0930 e. The van der Waals surface area contributed by atoms with Crippen LogP contribution in [0.3, 0.4) is 0 Å². The fraction of sp³-hybridized carbons (Fsp3) is 0.727. The Morgan fingerprint density at radius 3 is 2.64 bits per heavy atom. The van der Waals surface area contributed by atoms with Crippen molar-refractivity contribution in [2.24, 2.45) is 0 Å². The highest BCUT2D eigenvalue weighted by Crippen LogP contribution is 2.19. The third-order valence-electron chi connectivity index (χ3n) is 2.42. The van der Waals surface area contributed by atoms with E-state index in [0.29, 0.717) is 5.38 Å². The maximum Gasteiger partial charge on any atom is 0.0930 e. The normalized spacial score (nSPS) is 13.1. The molecule has 0 fully saturated rings. The van der Waals surface area contributed by atoms with E-state index >= 15 is 0 Å². The molecule has 1 nitrogen and oxygen atoms in total. The van der Waals surface area contributed by atoms with Crippen LogP contribution < -0.4 is 0 Å². The van der Waals surface area contributed by atoms with Gasteiger partial charge in [0.05, 0.1) is 10.7 Å². The lowest BCUT2D eigenvalue weighted by molar-refractivity contribution is 0.672. The third-order valence-corrected chi connectivity index (χ3v) is 4.08. The third kappa shape index (κ3) is 3.58. The summed E-state index contributed by atoms with van der Waals surface area (Å²) in [6.07, 6.45) is 4.42. The van der Waals surface area contributed by atoms with Crippen molar-refractivity contribution in [1.82, 2.24) is 4.98 Å². The Hall–Kier alpha value is -0.0800.